The Hall–Kier alpha value is -3.68. The summed E-state index contributed by atoms with van der Waals surface area (Å²) in [6, 6.07) is 15.5. The van der Waals surface area contributed by atoms with Crippen LogP contribution in [0.3, 0.4) is 0 Å². The van der Waals surface area contributed by atoms with E-state index in [0.29, 0.717) is 30.3 Å². The second-order valence-corrected chi connectivity index (χ2v) is 6.78. The van der Waals surface area contributed by atoms with Crippen molar-refractivity contribution in [1.82, 2.24) is 0 Å². The molecule has 0 aliphatic rings. The van der Waals surface area contributed by atoms with Gasteiger partial charge in [-0.2, -0.15) is 10.2 Å². The van der Waals surface area contributed by atoms with Gasteiger partial charge in [0.1, 0.15) is 22.9 Å². The van der Waals surface area contributed by atoms with Crippen LogP contribution in [-0.4, -0.2) is 13.2 Å². The van der Waals surface area contributed by atoms with E-state index in [2.05, 4.69) is 20.5 Å². The molecule has 3 aromatic rings. The monoisotopic (exact) mass is 438 g/mol. The van der Waals surface area contributed by atoms with Crippen molar-refractivity contribution in [2.45, 2.75) is 26.7 Å². The van der Waals surface area contributed by atoms with Crippen molar-refractivity contribution in [3.05, 3.63) is 72.3 Å². The predicted octanol–water partition coefficient (Wildman–Crippen LogP) is 8.37. The second kappa shape index (κ2) is 11.6. The molecule has 0 fully saturated rings. The van der Waals surface area contributed by atoms with Crippen LogP contribution in [0.1, 0.15) is 26.7 Å². The molecule has 8 heteroatoms. The van der Waals surface area contributed by atoms with E-state index in [1.807, 2.05) is 13.8 Å². The lowest BCUT2D eigenvalue weighted by Gasteiger charge is -2.05. The number of ether oxygens (including phenoxy) is 2. The van der Waals surface area contributed by atoms with E-state index in [4.69, 9.17) is 9.47 Å². The lowest BCUT2D eigenvalue weighted by Crippen LogP contribution is -1.96. The van der Waals surface area contributed by atoms with Crippen molar-refractivity contribution in [2.75, 3.05) is 13.2 Å². The highest BCUT2D eigenvalue weighted by atomic mass is 19.1. The number of unbranched alkanes of at least 4 members (excludes halogenated alkanes) is 1. The Morgan fingerprint density at radius 1 is 0.656 bits per heavy atom. The Morgan fingerprint density at radius 2 is 1.25 bits per heavy atom. The fourth-order valence-corrected chi connectivity index (χ4v) is 2.63. The zero-order chi connectivity index (χ0) is 22.8. The van der Waals surface area contributed by atoms with Crippen molar-refractivity contribution < 1.29 is 18.3 Å². The Morgan fingerprint density at radius 3 is 1.88 bits per heavy atom. The molecule has 0 spiro atoms. The lowest BCUT2D eigenvalue weighted by atomic mass is 10.3. The van der Waals surface area contributed by atoms with Gasteiger partial charge in [-0.05, 0) is 61.9 Å². The van der Waals surface area contributed by atoms with Crippen LogP contribution < -0.4 is 9.47 Å². The maximum absolute atomic E-state index is 14.4. The number of rotatable bonds is 10. The quantitative estimate of drug-likeness (QED) is 0.236. The van der Waals surface area contributed by atoms with Gasteiger partial charge in [-0.15, -0.1) is 10.2 Å². The van der Waals surface area contributed by atoms with Crippen LogP contribution in [0.25, 0.3) is 0 Å². The summed E-state index contributed by atoms with van der Waals surface area (Å²) in [6.45, 7) is 5.05. The minimum Gasteiger partial charge on any atom is -0.494 e. The van der Waals surface area contributed by atoms with E-state index >= 15 is 0 Å². The highest BCUT2D eigenvalue weighted by molar-refractivity contribution is 5.50. The number of hydrogen-bond donors (Lipinski definition) is 0. The molecule has 0 N–H and O–H groups in total. The molecule has 0 saturated heterocycles. The molecule has 166 valence electrons. The Kier molecular flexibility index (Phi) is 8.36. The van der Waals surface area contributed by atoms with Crippen LogP contribution >= 0.6 is 0 Å². The maximum atomic E-state index is 14.4. The molecule has 3 rings (SSSR count). The molecule has 0 amide bonds. The largest absolute Gasteiger partial charge is 0.494 e. The van der Waals surface area contributed by atoms with Crippen LogP contribution in [0.4, 0.5) is 31.5 Å². The van der Waals surface area contributed by atoms with Crippen LogP contribution in [-0.2, 0) is 0 Å². The standard InChI is InChI=1S/C24H24F2N4O2/c1-3-5-14-32-20-11-13-24(22(26)16-20)30-29-23-12-8-18(15-21(23)25)28-27-17-6-9-19(10-7-17)31-4-2/h6-13,15-16H,3-5,14H2,1-2H3. The zero-order valence-corrected chi connectivity index (χ0v) is 18.0. The summed E-state index contributed by atoms with van der Waals surface area (Å²) in [4.78, 5) is 0. The molecule has 0 aliphatic carbocycles. The molecule has 0 aliphatic heterocycles. The summed E-state index contributed by atoms with van der Waals surface area (Å²) < 4.78 is 39.4. The molecule has 0 saturated carbocycles. The minimum atomic E-state index is -0.642. The topological polar surface area (TPSA) is 67.9 Å². The Labute approximate surface area is 185 Å². The molecule has 0 heterocycles. The van der Waals surface area contributed by atoms with Gasteiger partial charge in [-0.3, -0.25) is 0 Å². The summed E-state index contributed by atoms with van der Waals surface area (Å²) in [7, 11) is 0. The smallest absolute Gasteiger partial charge is 0.154 e. The van der Waals surface area contributed by atoms with Crippen molar-refractivity contribution in [3.63, 3.8) is 0 Å². The third-order valence-electron chi connectivity index (χ3n) is 4.31. The van der Waals surface area contributed by atoms with Gasteiger partial charge >= 0.3 is 0 Å². The SMILES string of the molecule is CCCCOc1ccc(N=Nc2ccc(N=Nc3ccc(OCC)cc3)cc2F)c(F)c1. The summed E-state index contributed by atoms with van der Waals surface area (Å²) in [5.74, 6) is -0.0774. The molecule has 0 bridgehead atoms. The van der Waals surface area contributed by atoms with Gasteiger partial charge in [0.2, 0.25) is 0 Å². The molecular weight excluding hydrogens is 414 g/mol. The average molecular weight is 438 g/mol. The fraction of sp³-hybridized carbons (Fsp3) is 0.250. The van der Waals surface area contributed by atoms with E-state index in [9.17, 15) is 8.78 Å². The number of benzene rings is 3. The molecule has 6 nitrogen and oxygen atoms in total. The normalized spacial score (nSPS) is 11.4. The molecule has 0 unspecified atom stereocenters. The third kappa shape index (κ3) is 6.66. The van der Waals surface area contributed by atoms with E-state index in [-0.39, 0.29) is 11.4 Å². The Bertz CT molecular complexity index is 1090. The maximum Gasteiger partial charge on any atom is 0.154 e. The van der Waals surface area contributed by atoms with E-state index in [0.717, 1.165) is 18.6 Å². The highest BCUT2D eigenvalue weighted by Gasteiger charge is 2.06. The first kappa shape index (κ1) is 23.0. The summed E-state index contributed by atoms with van der Waals surface area (Å²) >= 11 is 0. The molecule has 0 aromatic heterocycles. The van der Waals surface area contributed by atoms with Crippen molar-refractivity contribution in [2.24, 2.45) is 20.5 Å². The van der Waals surface area contributed by atoms with Crippen molar-refractivity contribution >= 4 is 22.7 Å². The fourth-order valence-electron chi connectivity index (χ4n) is 2.63. The number of nitrogens with zero attached hydrogens (tertiary/aromatic N) is 4. The summed E-state index contributed by atoms with van der Waals surface area (Å²) in [5.41, 5.74) is 0.879. The molecular formula is C24H24F2N4O2. The first-order valence-electron chi connectivity index (χ1n) is 10.4. The van der Waals surface area contributed by atoms with Gasteiger partial charge in [-0.25, -0.2) is 8.78 Å². The van der Waals surface area contributed by atoms with Gasteiger partial charge in [-0.1, -0.05) is 13.3 Å². The summed E-state index contributed by atoms with van der Waals surface area (Å²) in [5, 5.41) is 15.7. The van der Waals surface area contributed by atoms with E-state index in [1.54, 1.807) is 36.4 Å². The lowest BCUT2D eigenvalue weighted by molar-refractivity contribution is 0.308. The van der Waals surface area contributed by atoms with Crippen molar-refractivity contribution in [3.8, 4) is 11.5 Å². The van der Waals surface area contributed by atoms with Crippen molar-refractivity contribution in [1.29, 1.82) is 0 Å². The molecule has 32 heavy (non-hydrogen) atoms. The first-order valence-corrected chi connectivity index (χ1v) is 10.4. The van der Waals surface area contributed by atoms with Gasteiger partial charge in [0.25, 0.3) is 0 Å². The van der Waals surface area contributed by atoms with Crippen LogP contribution in [0.5, 0.6) is 11.5 Å². The Balaban J connectivity index is 1.65. The number of azo groups is 2. The van der Waals surface area contributed by atoms with E-state index in [1.165, 1.54) is 24.3 Å². The predicted molar refractivity (Wildman–Crippen MR) is 119 cm³/mol. The third-order valence-corrected chi connectivity index (χ3v) is 4.31. The van der Waals surface area contributed by atoms with Gasteiger partial charge in [0, 0.05) is 12.1 Å². The second-order valence-electron chi connectivity index (χ2n) is 6.78. The van der Waals surface area contributed by atoms with Crippen LogP contribution in [0, 0.1) is 11.6 Å². The van der Waals surface area contributed by atoms with E-state index < -0.39 is 11.6 Å². The molecule has 0 radical (unpaired) electrons. The number of halogens is 2. The highest BCUT2D eigenvalue weighted by Crippen LogP contribution is 2.29. The van der Waals surface area contributed by atoms with Crippen LogP contribution in [0.2, 0.25) is 0 Å². The first-order chi connectivity index (χ1) is 15.6. The van der Waals surface area contributed by atoms with Crippen LogP contribution in [0.15, 0.2) is 81.1 Å². The molecule has 0 atom stereocenters. The van der Waals surface area contributed by atoms with Gasteiger partial charge in [0.15, 0.2) is 11.6 Å². The number of hydrogen-bond acceptors (Lipinski definition) is 6. The average Bonchev–Trinajstić information content (AvgIpc) is 2.79. The van der Waals surface area contributed by atoms with Gasteiger partial charge in [0.05, 0.1) is 24.6 Å². The minimum absolute atomic E-state index is 0.00787. The summed E-state index contributed by atoms with van der Waals surface area (Å²) in [6.07, 6.45) is 1.88. The van der Waals surface area contributed by atoms with Gasteiger partial charge < -0.3 is 9.47 Å². The molecule has 3 aromatic carbocycles. The zero-order valence-electron chi connectivity index (χ0n) is 18.0.